The number of ketones is 1. The van der Waals surface area contributed by atoms with Crippen molar-refractivity contribution >= 4 is 11.7 Å². The Hall–Kier alpha value is -2.08. The fourth-order valence-corrected chi connectivity index (χ4v) is 3.84. The van der Waals surface area contributed by atoms with E-state index in [0.29, 0.717) is 42.7 Å². The minimum Gasteiger partial charge on any atom is -0.486 e. The molecule has 0 radical (unpaired) electrons. The second kappa shape index (κ2) is 8.95. The topological polar surface area (TPSA) is 67.9 Å². The predicted octanol–water partition coefficient (Wildman–Crippen LogP) is 3.05. The van der Waals surface area contributed by atoms with Crippen molar-refractivity contribution in [2.45, 2.75) is 52.0 Å². The lowest BCUT2D eigenvalue weighted by atomic mass is 9.93. The average molecular weight is 389 g/mol. The lowest BCUT2D eigenvalue weighted by Gasteiger charge is -2.43. The summed E-state index contributed by atoms with van der Waals surface area (Å²) >= 11 is 0. The summed E-state index contributed by atoms with van der Waals surface area (Å²) in [7, 11) is 0. The van der Waals surface area contributed by atoms with Crippen LogP contribution in [0.2, 0.25) is 0 Å². The van der Waals surface area contributed by atoms with Gasteiger partial charge in [-0.15, -0.1) is 0 Å². The first kappa shape index (κ1) is 20.6. The van der Waals surface area contributed by atoms with Gasteiger partial charge in [-0.1, -0.05) is 6.92 Å². The predicted molar refractivity (Wildman–Crippen MR) is 108 cm³/mol. The van der Waals surface area contributed by atoms with Crippen LogP contribution in [0.25, 0.3) is 0 Å². The number of likely N-dealkylation sites (tertiary alicyclic amines) is 1. The molecule has 1 aromatic rings. The molecule has 154 valence electrons. The fourth-order valence-electron chi connectivity index (χ4n) is 3.84. The van der Waals surface area contributed by atoms with Gasteiger partial charge in [-0.25, -0.2) is 0 Å². The number of nitrogens with one attached hydrogen (secondary N) is 1. The maximum absolute atomic E-state index is 12.4. The highest BCUT2D eigenvalue weighted by Gasteiger charge is 2.30. The van der Waals surface area contributed by atoms with Gasteiger partial charge in [-0.2, -0.15) is 0 Å². The number of carbonyl (C=O) groups is 2. The molecule has 2 aliphatic heterocycles. The van der Waals surface area contributed by atoms with Gasteiger partial charge in [-0.3, -0.25) is 14.5 Å². The first-order chi connectivity index (χ1) is 13.3. The normalized spacial score (nSPS) is 19.9. The van der Waals surface area contributed by atoms with Gasteiger partial charge < -0.3 is 14.8 Å². The Labute approximate surface area is 167 Å². The van der Waals surface area contributed by atoms with E-state index in [9.17, 15) is 9.59 Å². The van der Waals surface area contributed by atoms with Crippen molar-refractivity contribution in [1.82, 2.24) is 10.2 Å². The molecule has 1 unspecified atom stereocenters. The van der Waals surface area contributed by atoms with Gasteiger partial charge in [0.2, 0.25) is 5.91 Å². The molecule has 3 rings (SSSR count). The molecule has 0 aliphatic carbocycles. The molecule has 28 heavy (non-hydrogen) atoms. The van der Waals surface area contributed by atoms with E-state index in [1.165, 1.54) is 12.8 Å². The molecule has 0 saturated carbocycles. The van der Waals surface area contributed by atoms with Crippen LogP contribution in [0.3, 0.4) is 0 Å². The number of Topliss-reactive ketones (excluding diaryl/α,β-unsaturated/α-hetero) is 1. The Bertz CT molecular complexity index is 716. The third kappa shape index (κ3) is 5.25. The zero-order valence-electron chi connectivity index (χ0n) is 17.3. The number of nitrogens with zero attached hydrogens (tertiary/aromatic N) is 1. The van der Waals surface area contributed by atoms with Crippen molar-refractivity contribution in [3.05, 3.63) is 23.8 Å². The van der Waals surface area contributed by atoms with Gasteiger partial charge in [0.1, 0.15) is 13.2 Å². The molecule has 6 heteroatoms. The maximum atomic E-state index is 12.4. The van der Waals surface area contributed by atoms with Gasteiger partial charge >= 0.3 is 0 Å². The zero-order chi connectivity index (χ0) is 20.1. The summed E-state index contributed by atoms with van der Waals surface area (Å²) in [6.07, 6.45) is 2.87. The summed E-state index contributed by atoms with van der Waals surface area (Å²) in [5, 5.41) is 3.01. The van der Waals surface area contributed by atoms with E-state index in [2.05, 4.69) is 31.0 Å². The zero-order valence-corrected chi connectivity index (χ0v) is 17.3. The molecule has 6 nitrogen and oxygen atoms in total. The maximum Gasteiger partial charge on any atom is 0.220 e. The second-order valence-corrected chi connectivity index (χ2v) is 8.56. The van der Waals surface area contributed by atoms with E-state index < -0.39 is 0 Å². The number of fused-ring (bicyclic) bond motifs is 1. The lowest BCUT2D eigenvalue weighted by molar-refractivity contribution is -0.121. The molecule has 1 fully saturated rings. The number of ether oxygens (including phenoxy) is 2. The average Bonchev–Trinajstić information content (AvgIpc) is 2.70. The van der Waals surface area contributed by atoms with E-state index in [4.69, 9.17) is 9.47 Å². The van der Waals surface area contributed by atoms with Crippen LogP contribution in [0.5, 0.6) is 11.5 Å². The first-order valence-corrected chi connectivity index (χ1v) is 10.3. The summed E-state index contributed by atoms with van der Waals surface area (Å²) in [5.74, 6) is 1.82. The van der Waals surface area contributed by atoms with Crippen LogP contribution in [-0.4, -0.2) is 55.0 Å². The Morgan fingerprint density at radius 1 is 1.18 bits per heavy atom. The highest BCUT2D eigenvalue weighted by atomic mass is 16.6. The molecule has 1 amide bonds. The van der Waals surface area contributed by atoms with E-state index in [0.717, 1.165) is 13.1 Å². The van der Waals surface area contributed by atoms with E-state index in [1.807, 2.05) is 0 Å². The fraction of sp³-hybridized carbons (Fsp3) is 0.636. The van der Waals surface area contributed by atoms with Gasteiger partial charge in [0.25, 0.3) is 0 Å². The Kier molecular flexibility index (Phi) is 6.60. The molecule has 1 atom stereocenters. The van der Waals surface area contributed by atoms with Gasteiger partial charge in [0.05, 0.1) is 0 Å². The lowest BCUT2D eigenvalue weighted by Crippen LogP contribution is -2.54. The number of benzene rings is 1. The van der Waals surface area contributed by atoms with Crippen molar-refractivity contribution in [3.63, 3.8) is 0 Å². The number of rotatable bonds is 7. The molecule has 1 saturated heterocycles. The molecule has 1 aromatic carbocycles. The number of carbonyl (C=O) groups excluding carboxylic acids is 2. The molecule has 1 N–H and O–H groups in total. The summed E-state index contributed by atoms with van der Waals surface area (Å²) in [6.45, 7) is 10.4. The Morgan fingerprint density at radius 2 is 1.93 bits per heavy atom. The number of hydrogen-bond acceptors (Lipinski definition) is 5. The van der Waals surface area contributed by atoms with Gasteiger partial charge in [0.15, 0.2) is 17.3 Å². The van der Waals surface area contributed by atoms with Crippen LogP contribution in [0.15, 0.2) is 18.2 Å². The smallest absolute Gasteiger partial charge is 0.220 e. The molecule has 0 bridgehead atoms. The molecular weight excluding hydrogens is 356 g/mol. The molecule has 0 spiro atoms. The highest BCUT2D eigenvalue weighted by molar-refractivity contribution is 5.98. The largest absolute Gasteiger partial charge is 0.486 e. The quantitative estimate of drug-likeness (QED) is 0.727. The Balaban J connectivity index is 1.45. The second-order valence-electron chi connectivity index (χ2n) is 8.56. The number of hydrogen-bond donors (Lipinski definition) is 1. The van der Waals surface area contributed by atoms with Crippen LogP contribution in [0, 0.1) is 5.92 Å². The molecule has 0 aromatic heterocycles. The molecule has 2 aliphatic rings. The molecular formula is C22H32N2O4. The van der Waals surface area contributed by atoms with Crippen LogP contribution < -0.4 is 14.8 Å². The highest BCUT2D eigenvalue weighted by Crippen LogP contribution is 2.31. The van der Waals surface area contributed by atoms with Crippen LogP contribution in [-0.2, 0) is 4.79 Å². The van der Waals surface area contributed by atoms with E-state index >= 15 is 0 Å². The third-order valence-electron chi connectivity index (χ3n) is 5.67. The van der Waals surface area contributed by atoms with Crippen LogP contribution >= 0.6 is 0 Å². The van der Waals surface area contributed by atoms with Crippen molar-refractivity contribution < 1.29 is 19.1 Å². The molecule has 2 heterocycles. The number of amides is 1. The minimum atomic E-state index is -0.0796. The third-order valence-corrected chi connectivity index (χ3v) is 5.67. The number of piperidine rings is 1. The van der Waals surface area contributed by atoms with Gasteiger partial charge in [0, 0.05) is 37.0 Å². The van der Waals surface area contributed by atoms with Crippen molar-refractivity contribution in [1.29, 1.82) is 0 Å². The van der Waals surface area contributed by atoms with Crippen LogP contribution in [0.1, 0.15) is 56.8 Å². The van der Waals surface area contributed by atoms with Crippen molar-refractivity contribution in [3.8, 4) is 11.5 Å². The van der Waals surface area contributed by atoms with Crippen molar-refractivity contribution in [2.75, 3.05) is 32.8 Å². The summed E-state index contributed by atoms with van der Waals surface area (Å²) in [5.41, 5.74) is 0.476. The van der Waals surface area contributed by atoms with Gasteiger partial charge in [-0.05, 0) is 57.4 Å². The SMILES string of the molecule is CC1CCCN(C(C)(C)CNC(=O)CCC(=O)c2ccc3c(c2)OCCO3)C1. The first-order valence-electron chi connectivity index (χ1n) is 10.3. The summed E-state index contributed by atoms with van der Waals surface area (Å²) in [4.78, 5) is 27.2. The standard InChI is InChI=1S/C22H32N2O4/c1-16-5-4-10-24(14-16)22(2,3)15-23-21(26)9-7-18(25)17-6-8-19-20(13-17)28-12-11-27-19/h6,8,13,16H,4-5,7,9-12,14-15H2,1-3H3,(H,23,26). The minimum absolute atomic E-state index is 0.0590. The van der Waals surface area contributed by atoms with E-state index in [1.54, 1.807) is 18.2 Å². The van der Waals surface area contributed by atoms with Crippen LogP contribution in [0.4, 0.5) is 0 Å². The van der Waals surface area contributed by atoms with E-state index in [-0.39, 0.29) is 30.1 Å². The summed E-state index contributed by atoms with van der Waals surface area (Å²) in [6, 6.07) is 5.19. The Morgan fingerprint density at radius 3 is 2.68 bits per heavy atom. The monoisotopic (exact) mass is 388 g/mol. The summed E-state index contributed by atoms with van der Waals surface area (Å²) < 4.78 is 11.0. The van der Waals surface area contributed by atoms with Crippen molar-refractivity contribution in [2.24, 2.45) is 5.92 Å².